The lowest BCUT2D eigenvalue weighted by Gasteiger charge is -2.27. The van der Waals surface area contributed by atoms with Gasteiger partial charge in [-0.25, -0.2) is 4.79 Å². The van der Waals surface area contributed by atoms with Gasteiger partial charge in [0.05, 0.1) is 6.04 Å². The van der Waals surface area contributed by atoms with Gasteiger partial charge in [0.25, 0.3) is 0 Å². The molecule has 0 saturated carbocycles. The van der Waals surface area contributed by atoms with Crippen molar-refractivity contribution in [3.8, 4) is 0 Å². The van der Waals surface area contributed by atoms with Gasteiger partial charge >= 0.3 is 5.97 Å². The number of H-pyrrole nitrogens is 1. The Labute approximate surface area is 220 Å². The number of carboxylic acid groups (broad SMARTS) is 1. The van der Waals surface area contributed by atoms with Crippen LogP contribution < -0.4 is 21.7 Å². The number of aromatic nitrogens is 1. The van der Waals surface area contributed by atoms with E-state index in [1.807, 2.05) is 36.7 Å². The summed E-state index contributed by atoms with van der Waals surface area (Å²) in [6.45, 7) is 3.46. The lowest BCUT2D eigenvalue weighted by atomic mass is 10.0. The van der Waals surface area contributed by atoms with Gasteiger partial charge in [0.2, 0.25) is 17.7 Å². The summed E-state index contributed by atoms with van der Waals surface area (Å²) in [4.78, 5) is 53.2. The van der Waals surface area contributed by atoms with Crippen LogP contribution >= 0.6 is 24.4 Å². The highest BCUT2D eigenvalue weighted by atomic mass is 32.2. The number of rotatable bonds is 14. The predicted octanol–water partition coefficient (Wildman–Crippen LogP) is 0.916. The molecule has 0 bridgehead atoms. The molecule has 0 spiro atoms. The largest absolute Gasteiger partial charge is 0.480 e. The van der Waals surface area contributed by atoms with Gasteiger partial charge in [-0.2, -0.15) is 24.4 Å². The second-order valence-corrected chi connectivity index (χ2v) is 10.2. The maximum absolute atomic E-state index is 13.1. The summed E-state index contributed by atoms with van der Waals surface area (Å²) in [5.41, 5.74) is 8.02. The highest BCUT2D eigenvalue weighted by Gasteiger charge is 2.31. The number of aliphatic carboxylic acids is 1. The molecule has 4 atom stereocenters. The van der Waals surface area contributed by atoms with Crippen molar-refractivity contribution in [2.24, 2.45) is 11.7 Å². The maximum atomic E-state index is 13.1. The summed E-state index contributed by atoms with van der Waals surface area (Å²) >= 11 is 5.47. The van der Waals surface area contributed by atoms with Crippen LogP contribution in [0, 0.1) is 5.92 Å². The number of benzene rings is 1. The fourth-order valence-corrected chi connectivity index (χ4v) is 4.37. The summed E-state index contributed by atoms with van der Waals surface area (Å²) in [7, 11) is 0. The number of hydrogen-bond donors (Lipinski definition) is 7. The Morgan fingerprint density at radius 3 is 2.33 bits per heavy atom. The minimum absolute atomic E-state index is 0.0967. The molecule has 0 aliphatic heterocycles. The number of carboxylic acids is 1. The van der Waals surface area contributed by atoms with Crippen LogP contribution in [0.25, 0.3) is 10.9 Å². The Hall–Kier alpha value is -2.70. The molecule has 12 heteroatoms. The van der Waals surface area contributed by atoms with Crippen LogP contribution in [-0.4, -0.2) is 75.7 Å². The first-order valence-corrected chi connectivity index (χ1v) is 13.7. The first-order chi connectivity index (χ1) is 17.1. The number of fused-ring (bicyclic) bond motifs is 1. The third-order valence-corrected chi connectivity index (χ3v) is 6.75. The summed E-state index contributed by atoms with van der Waals surface area (Å²) in [6, 6.07) is 3.72. The van der Waals surface area contributed by atoms with E-state index in [2.05, 4.69) is 33.6 Å². The fraction of sp³-hybridized carbons (Fsp3) is 0.500. The Bertz CT molecular complexity index is 1060. The number of carbonyl (C=O) groups is 4. The van der Waals surface area contributed by atoms with Gasteiger partial charge in [-0.3, -0.25) is 14.4 Å². The molecule has 2 aromatic rings. The summed E-state index contributed by atoms with van der Waals surface area (Å²) in [5, 5.41) is 18.0. The number of nitrogens with two attached hydrogens (primary N) is 1. The second-order valence-electron chi connectivity index (χ2n) is 8.83. The van der Waals surface area contributed by atoms with Crippen LogP contribution in [0.15, 0.2) is 30.5 Å². The lowest BCUT2D eigenvalue weighted by Crippen LogP contribution is -2.58. The highest BCUT2D eigenvalue weighted by molar-refractivity contribution is 7.98. The van der Waals surface area contributed by atoms with Gasteiger partial charge in [0, 0.05) is 22.9 Å². The van der Waals surface area contributed by atoms with Gasteiger partial charge in [0.1, 0.15) is 18.1 Å². The van der Waals surface area contributed by atoms with E-state index < -0.39 is 47.9 Å². The molecule has 1 aromatic carbocycles. The average Bonchev–Trinajstić information content (AvgIpc) is 3.25. The van der Waals surface area contributed by atoms with Crippen LogP contribution in [0.2, 0.25) is 0 Å². The zero-order chi connectivity index (χ0) is 26.8. The number of hydrogen-bond acceptors (Lipinski definition) is 7. The van der Waals surface area contributed by atoms with E-state index in [1.54, 1.807) is 13.8 Å². The number of nitrogens with one attached hydrogen (secondary N) is 4. The van der Waals surface area contributed by atoms with Crippen LogP contribution in [0.3, 0.4) is 0 Å². The topological polar surface area (TPSA) is 166 Å². The maximum Gasteiger partial charge on any atom is 0.327 e. The molecule has 198 valence electrons. The van der Waals surface area contributed by atoms with Gasteiger partial charge in [-0.05, 0) is 42.4 Å². The third kappa shape index (κ3) is 8.17. The van der Waals surface area contributed by atoms with E-state index in [0.29, 0.717) is 12.2 Å². The summed E-state index contributed by atoms with van der Waals surface area (Å²) in [6.07, 6.45) is 4.31. The fourth-order valence-electron chi connectivity index (χ4n) is 3.65. The predicted molar refractivity (Wildman–Crippen MR) is 145 cm³/mol. The van der Waals surface area contributed by atoms with Gasteiger partial charge in [-0.1, -0.05) is 32.0 Å². The molecule has 0 fully saturated rings. The quantitative estimate of drug-likeness (QED) is 0.176. The van der Waals surface area contributed by atoms with Crippen molar-refractivity contribution in [3.05, 3.63) is 36.0 Å². The van der Waals surface area contributed by atoms with Crippen molar-refractivity contribution in [2.45, 2.75) is 50.9 Å². The molecule has 10 nitrogen and oxygen atoms in total. The highest BCUT2D eigenvalue weighted by Crippen LogP contribution is 2.19. The van der Waals surface area contributed by atoms with Crippen molar-refractivity contribution >= 4 is 59.0 Å². The Morgan fingerprint density at radius 2 is 1.72 bits per heavy atom. The molecule has 1 aromatic heterocycles. The molecule has 0 aliphatic rings. The average molecular weight is 538 g/mol. The van der Waals surface area contributed by atoms with Gasteiger partial charge in [-0.15, -0.1) is 0 Å². The van der Waals surface area contributed by atoms with Gasteiger partial charge in [0.15, 0.2) is 0 Å². The molecule has 0 saturated heterocycles. The first-order valence-electron chi connectivity index (χ1n) is 11.6. The van der Waals surface area contributed by atoms with Crippen molar-refractivity contribution in [3.63, 3.8) is 0 Å². The van der Waals surface area contributed by atoms with Crippen molar-refractivity contribution < 1.29 is 24.3 Å². The molecule has 7 N–H and O–H groups in total. The van der Waals surface area contributed by atoms with Crippen molar-refractivity contribution in [1.82, 2.24) is 20.9 Å². The van der Waals surface area contributed by atoms with Crippen LogP contribution in [0.4, 0.5) is 0 Å². The molecule has 3 amide bonds. The van der Waals surface area contributed by atoms with E-state index in [4.69, 9.17) is 5.73 Å². The molecular formula is C24H35N5O5S2. The summed E-state index contributed by atoms with van der Waals surface area (Å²) in [5.74, 6) is -2.71. The van der Waals surface area contributed by atoms with Crippen LogP contribution in [0.1, 0.15) is 25.8 Å². The number of carbonyl (C=O) groups excluding carboxylic acids is 3. The number of amides is 3. The molecule has 0 radical (unpaired) electrons. The second kappa shape index (κ2) is 14.1. The smallest absolute Gasteiger partial charge is 0.327 e. The zero-order valence-electron chi connectivity index (χ0n) is 20.6. The standard InChI is InChI=1S/C24H35N5O5S2/c1-13(2)20(23(32)28-19(12-35)24(33)34)29-22(31)18(8-9-36-3)27-21(30)16(25)10-14-11-26-17-7-5-4-6-15(14)17/h4-7,11,13,16,18-20,26,35H,8-10,12,25H2,1-3H3,(H,27,30)(H,28,32)(H,29,31)(H,33,34). The van der Waals surface area contributed by atoms with Gasteiger partial charge < -0.3 is 31.8 Å². The van der Waals surface area contributed by atoms with E-state index in [9.17, 15) is 24.3 Å². The number of para-hydroxylation sites is 1. The Morgan fingerprint density at radius 1 is 1.06 bits per heavy atom. The number of thiol groups is 1. The lowest BCUT2D eigenvalue weighted by molar-refractivity contribution is -0.142. The molecule has 2 rings (SSSR count). The minimum atomic E-state index is -1.22. The molecule has 36 heavy (non-hydrogen) atoms. The Kier molecular flexibility index (Phi) is 11.6. The molecule has 0 aliphatic carbocycles. The zero-order valence-corrected chi connectivity index (χ0v) is 22.3. The summed E-state index contributed by atoms with van der Waals surface area (Å²) < 4.78 is 0. The number of thioether (sulfide) groups is 1. The SMILES string of the molecule is CSCCC(NC(=O)C(N)Cc1c[nH]c2ccccc12)C(=O)NC(C(=O)NC(CS)C(=O)O)C(C)C. The van der Waals surface area contributed by atoms with Crippen molar-refractivity contribution in [1.29, 1.82) is 0 Å². The van der Waals surface area contributed by atoms with E-state index in [-0.39, 0.29) is 18.1 Å². The van der Waals surface area contributed by atoms with E-state index >= 15 is 0 Å². The molecule has 1 heterocycles. The van der Waals surface area contributed by atoms with Crippen molar-refractivity contribution in [2.75, 3.05) is 17.8 Å². The van der Waals surface area contributed by atoms with E-state index in [1.165, 1.54) is 11.8 Å². The molecule has 4 unspecified atom stereocenters. The monoisotopic (exact) mass is 537 g/mol. The van der Waals surface area contributed by atoms with Crippen LogP contribution in [0.5, 0.6) is 0 Å². The Balaban J connectivity index is 2.08. The molecular weight excluding hydrogens is 502 g/mol. The normalized spacial score (nSPS) is 14.6. The first kappa shape index (κ1) is 29.5. The van der Waals surface area contributed by atoms with Crippen LogP contribution in [-0.2, 0) is 25.6 Å². The minimum Gasteiger partial charge on any atom is -0.480 e. The van der Waals surface area contributed by atoms with E-state index in [0.717, 1.165) is 16.5 Å². The third-order valence-electron chi connectivity index (χ3n) is 5.74. The number of aromatic amines is 1.